The highest BCUT2D eigenvalue weighted by molar-refractivity contribution is 9.10. The maximum absolute atomic E-state index is 12.9. The van der Waals surface area contributed by atoms with Crippen LogP contribution in [0.25, 0.3) is 0 Å². The average molecular weight is 455 g/mol. The van der Waals surface area contributed by atoms with Crippen LogP contribution in [-0.2, 0) is 19.4 Å². The van der Waals surface area contributed by atoms with E-state index in [0.717, 1.165) is 35.8 Å². The van der Waals surface area contributed by atoms with Gasteiger partial charge in [-0.15, -0.1) is 11.3 Å². The van der Waals surface area contributed by atoms with Gasteiger partial charge in [0.15, 0.2) is 10.6 Å². The third kappa shape index (κ3) is 4.08. The van der Waals surface area contributed by atoms with Crippen molar-refractivity contribution in [1.82, 2.24) is 4.57 Å². The molecule has 0 N–H and O–H groups in total. The lowest BCUT2D eigenvalue weighted by molar-refractivity contribution is 0.0961. The molecule has 0 atom stereocenters. The van der Waals surface area contributed by atoms with Gasteiger partial charge in [-0.2, -0.15) is 4.99 Å². The van der Waals surface area contributed by atoms with Crippen molar-refractivity contribution in [1.29, 1.82) is 0 Å². The van der Waals surface area contributed by atoms with Gasteiger partial charge in [-0.1, -0.05) is 46.3 Å². The van der Waals surface area contributed by atoms with Crippen LogP contribution in [0.5, 0.6) is 0 Å². The van der Waals surface area contributed by atoms with Gasteiger partial charge in [0.05, 0.1) is 6.54 Å². The number of ketones is 1. The normalized spacial score (nSPS) is 14.0. The number of aryl methyl sites for hydroxylation is 1. The first-order chi connectivity index (χ1) is 13.6. The number of carbonyl (C=O) groups excluding carboxylic acids is 2. The highest BCUT2D eigenvalue weighted by Gasteiger charge is 2.20. The molecule has 0 aliphatic heterocycles. The molecule has 1 amide bonds. The Kier molecular flexibility index (Phi) is 5.69. The molecule has 1 aromatic heterocycles. The van der Waals surface area contributed by atoms with Crippen molar-refractivity contribution >= 4 is 39.0 Å². The Balaban J connectivity index is 1.72. The minimum absolute atomic E-state index is 0.0206. The molecule has 1 aliphatic rings. The molecule has 0 bridgehead atoms. The number of Topliss-reactive ketones (excluding diaryl/α,β-unsaturated/α-hetero) is 1. The Bertz CT molecular complexity index is 1080. The molecule has 0 spiro atoms. The van der Waals surface area contributed by atoms with Crippen molar-refractivity contribution in [2.45, 2.75) is 32.2 Å². The predicted octanol–water partition coefficient (Wildman–Crippen LogP) is 4.81. The quantitative estimate of drug-likeness (QED) is 0.530. The van der Waals surface area contributed by atoms with Gasteiger partial charge >= 0.3 is 0 Å². The van der Waals surface area contributed by atoms with E-state index in [9.17, 15) is 9.59 Å². The fourth-order valence-electron chi connectivity index (χ4n) is 3.39. The summed E-state index contributed by atoms with van der Waals surface area (Å²) < 4.78 is 2.89. The van der Waals surface area contributed by atoms with E-state index in [1.165, 1.54) is 4.88 Å². The summed E-state index contributed by atoms with van der Waals surface area (Å²) >= 11 is 4.94. The molecule has 0 unspecified atom stereocenters. The Morgan fingerprint density at radius 3 is 2.43 bits per heavy atom. The third-order valence-electron chi connectivity index (χ3n) is 4.85. The van der Waals surface area contributed by atoms with E-state index in [0.29, 0.717) is 15.9 Å². The number of nitrogens with zero attached hydrogens (tertiary/aromatic N) is 2. The maximum atomic E-state index is 12.9. The molecule has 6 heteroatoms. The molecule has 4 rings (SSSR count). The molecule has 1 heterocycles. The molecule has 2 aromatic carbocycles. The van der Waals surface area contributed by atoms with Gasteiger partial charge in [-0.05, 0) is 49.9 Å². The topological polar surface area (TPSA) is 51.4 Å². The van der Waals surface area contributed by atoms with Crippen LogP contribution in [-0.4, -0.2) is 16.3 Å². The first kappa shape index (κ1) is 19.0. The van der Waals surface area contributed by atoms with Crippen LogP contribution in [0.4, 0.5) is 0 Å². The molecular formula is C22H19BrN2O2S. The fraction of sp³-hybridized carbons (Fsp3) is 0.227. The van der Waals surface area contributed by atoms with Gasteiger partial charge < -0.3 is 4.57 Å². The number of hydrogen-bond donors (Lipinski definition) is 0. The van der Waals surface area contributed by atoms with Gasteiger partial charge in [0.25, 0.3) is 5.91 Å². The molecule has 0 saturated heterocycles. The zero-order valence-corrected chi connectivity index (χ0v) is 17.6. The monoisotopic (exact) mass is 454 g/mol. The van der Waals surface area contributed by atoms with Crippen LogP contribution in [0.2, 0.25) is 0 Å². The van der Waals surface area contributed by atoms with Gasteiger partial charge in [0, 0.05) is 26.2 Å². The molecular weight excluding hydrogens is 436 g/mol. The van der Waals surface area contributed by atoms with Crippen molar-refractivity contribution in [3.8, 4) is 0 Å². The van der Waals surface area contributed by atoms with Crippen LogP contribution in [0, 0.1) is 0 Å². The lowest BCUT2D eigenvalue weighted by Gasteiger charge is -2.14. The summed E-state index contributed by atoms with van der Waals surface area (Å²) in [5, 5.41) is 0. The molecule has 142 valence electrons. The molecule has 1 aliphatic carbocycles. The van der Waals surface area contributed by atoms with Crippen LogP contribution in [0.3, 0.4) is 0 Å². The number of rotatable bonds is 4. The van der Waals surface area contributed by atoms with Crippen molar-refractivity contribution in [3.05, 3.63) is 85.6 Å². The van der Waals surface area contributed by atoms with Gasteiger partial charge in [0.2, 0.25) is 0 Å². The second kappa shape index (κ2) is 8.37. The Labute approximate surface area is 175 Å². The van der Waals surface area contributed by atoms with E-state index >= 15 is 0 Å². The van der Waals surface area contributed by atoms with E-state index < -0.39 is 0 Å². The first-order valence-electron chi connectivity index (χ1n) is 9.26. The first-order valence-corrected chi connectivity index (χ1v) is 10.9. The fourth-order valence-corrected chi connectivity index (χ4v) is 4.86. The summed E-state index contributed by atoms with van der Waals surface area (Å²) in [6.07, 6.45) is 4.15. The predicted molar refractivity (Wildman–Crippen MR) is 114 cm³/mol. The minimum atomic E-state index is -0.274. The average Bonchev–Trinajstić information content (AvgIpc) is 3.06. The van der Waals surface area contributed by atoms with Crippen molar-refractivity contribution in [2.24, 2.45) is 4.99 Å². The molecule has 4 nitrogen and oxygen atoms in total. The van der Waals surface area contributed by atoms with Crippen molar-refractivity contribution in [3.63, 3.8) is 0 Å². The smallest absolute Gasteiger partial charge is 0.279 e. The summed E-state index contributed by atoms with van der Waals surface area (Å²) in [6.45, 7) is 0.203. The summed E-state index contributed by atoms with van der Waals surface area (Å²) in [5.74, 6) is -0.253. The second-order valence-corrected chi connectivity index (χ2v) is 8.74. The van der Waals surface area contributed by atoms with Gasteiger partial charge in [0.1, 0.15) is 0 Å². The van der Waals surface area contributed by atoms with Crippen LogP contribution in [0.15, 0.2) is 64.1 Å². The lowest BCUT2D eigenvalue weighted by Crippen LogP contribution is -2.24. The van der Waals surface area contributed by atoms with Gasteiger partial charge in [-0.25, -0.2) is 0 Å². The van der Waals surface area contributed by atoms with Crippen molar-refractivity contribution in [2.75, 3.05) is 0 Å². The summed E-state index contributed by atoms with van der Waals surface area (Å²) in [6, 6.07) is 16.4. The van der Waals surface area contributed by atoms with Crippen molar-refractivity contribution < 1.29 is 9.59 Å². The molecule has 3 aromatic rings. The highest BCUT2D eigenvalue weighted by Crippen LogP contribution is 2.24. The van der Waals surface area contributed by atoms with Crippen LogP contribution < -0.4 is 4.80 Å². The van der Waals surface area contributed by atoms with E-state index in [1.807, 2.05) is 47.0 Å². The number of amides is 1. The zero-order valence-electron chi connectivity index (χ0n) is 15.2. The number of carbonyl (C=O) groups is 2. The van der Waals surface area contributed by atoms with E-state index in [1.54, 1.807) is 23.5 Å². The second-order valence-electron chi connectivity index (χ2n) is 6.76. The summed E-state index contributed by atoms with van der Waals surface area (Å²) in [4.78, 5) is 31.7. The number of benzene rings is 2. The number of aromatic nitrogens is 1. The number of hydrogen-bond acceptors (Lipinski definition) is 3. The molecule has 0 saturated carbocycles. The lowest BCUT2D eigenvalue weighted by atomic mass is 10.0. The number of fused-ring (bicyclic) bond motifs is 1. The molecule has 0 fully saturated rings. The summed E-state index contributed by atoms with van der Waals surface area (Å²) in [7, 11) is 0. The Morgan fingerprint density at radius 1 is 0.964 bits per heavy atom. The molecule has 28 heavy (non-hydrogen) atoms. The number of halogens is 1. The largest absolute Gasteiger partial charge is 0.313 e. The van der Waals surface area contributed by atoms with Crippen LogP contribution >= 0.6 is 27.3 Å². The minimum Gasteiger partial charge on any atom is -0.313 e. The highest BCUT2D eigenvalue weighted by atomic mass is 79.9. The van der Waals surface area contributed by atoms with E-state index in [-0.39, 0.29) is 18.2 Å². The van der Waals surface area contributed by atoms with E-state index in [2.05, 4.69) is 20.9 Å². The van der Waals surface area contributed by atoms with E-state index in [4.69, 9.17) is 0 Å². The zero-order chi connectivity index (χ0) is 19.5. The van der Waals surface area contributed by atoms with Gasteiger partial charge in [-0.3, -0.25) is 9.59 Å². The third-order valence-corrected chi connectivity index (χ3v) is 6.56. The van der Waals surface area contributed by atoms with Crippen LogP contribution in [0.1, 0.15) is 44.1 Å². The summed E-state index contributed by atoms with van der Waals surface area (Å²) in [5.41, 5.74) is 2.37. The Morgan fingerprint density at radius 2 is 1.68 bits per heavy atom. The number of thiazole rings is 1. The SMILES string of the molecule is O=C(Cn1c2c(sc1=NC(=O)c1ccccc1)CCCC2)c1ccc(Br)cc1. The maximum Gasteiger partial charge on any atom is 0.279 e. The standard InChI is InChI=1S/C22H19BrN2O2S/c23-17-12-10-15(11-13-17)19(26)14-25-18-8-4-5-9-20(18)28-22(25)24-21(27)16-6-2-1-3-7-16/h1-3,6-7,10-13H,4-5,8-9,14H2. The Hall–Kier alpha value is -2.31. The molecule has 0 radical (unpaired) electrons.